The Hall–Kier alpha value is 0.0569. The van der Waals surface area contributed by atoms with Crippen LogP contribution in [0.15, 0.2) is 0 Å². The fraction of sp³-hybridized carbons (Fsp3) is 1.00. The molecule has 0 aromatic heterocycles. The minimum atomic E-state index is -0.514. The first kappa shape index (κ1) is 28.1. The zero-order valence-corrected chi connectivity index (χ0v) is 22.1. The van der Waals surface area contributed by atoms with Crippen molar-refractivity contribution in [3.8, 4) is 0 Å². The predicted octanol–water partition coefficient (Wildman–Crippen LogP) is 4.10. The van der Waals surface area contributed by atoms with Crippen LogP contribution in [0.3, 0.4) is 0 Å². The summed E-state index contributed by atoms with van der Waals surface area (Å²) in [4.78, 5) is 8.09. The predicted molar refractivity (Wildman–Crippen MR) is 129 cm³/mol. The molecule has 0 N–H and O–H groups in total. The smallest absolute Gasteiger partial charge is 0.162 e. The Morgan fingerprint density at radius 2 is 1.04 bits per heavy atom. The Labute approximate surface area is 180 Å². The van der Waals surface area contributed by atoms with E-state index in [1.54, 1.807) is 0 Å². The van der Waals surface area contributed by atoms with Crippen molar-refractivity contribution in [3.63, 3.8) is 0 Å². The second kappa shape index (κ2) is 16.8. The van der Waals surface area contributed by atoms with Crippen molar-refractivity contribution in [1.82, 2.24) is 14.7 Å². The van der Waals surface area contributed by atoms with Crippen LogP contribution in [0.2, 0.25) is 6.04 Å². The molecular formula is C23H53N3OSi. The molecule has 0 fully saturated rings. The molecule has 0 aliphatic carbocycles. The molecule has 0 rings (SSSR count). The van der Waals surface area contributed by atoms with Gasteiger partial charge in [0.1, 0.15) is 0 Å². The average Bonchev–Trinajstić information content (AvgIpc) is 2.66. The van der Waals surface area contributed by atoms with Crippen molar-refractivity contribution in [1.29, 1.82) is 0 Å². The van der Waals surface area contributed by atoms with Gasteiger partial charge in [-0.05, 0) is 78.4 Å². The molecule has 0 amide bonds. The molecule has 0 aliphatic heterocycles. The third kappa shape index (κ3) is 11.9. The van der Waals surface area contributed by atoms with E-state index in [-0.39, 0.29) is 0 Å². The molecule has 0 radical (unpaired) electrons. The number of rotatable bonds is 19. The molecule has 0 saturated heterocycles. The van der Waals surface area contributed by atoms with Crippen LogP contribution in [-0.2, 0) is 4.43 Å². The largest absolute Gasteiger partial charge is 0.422 e. The summed E-state index contributed by atoms with van der Waals surface area (Å²) in [5.41, 5.74) is 0.322. The highest BCUT2D eigenvalue weighted by Crippen LogP contribution is 2.28. The summed E-state index contributed by atoms with van der Waals surface area (Å²) < 4.78 is 6.21. The second-order valence-corrected chi connectivity index (χ2v) is 10.0. The lowest BCUT2D eigenvalue weighted by Crippen LogP contribution is -2.52. The van der Waals surface area contributed by atoms with Crippen molar-refractivity contribution >= 4 is 9.76 Å². The van der Waals surface area contributed by atoms with Crippen LogP contribution < -0.4 is 0 Å². The topological polar surface area (TPSA) is 19.0 Å². The molecule has 0 spiro atoms. The Morgan fingerprint density at radius 1 is 0.679 bits per heavy atom. The van der Waals surface area contributed by atoms with E-state index in [0.717, 1.165) is 19.6 Å². The van der Waals surface area contributed by atoms with Crippen molar-refractivity contribution < 1.29 is 4.43 Å². The Balaban J connectivity index is 5.67. The van der Waals surface area contributed by atoms with Crippen LogP contribution in [0.1, 0.15) is 74.7 Å². The summed E-state index contributed by atoms with van der Waals surface area (Å²) in [5, 5.41) is 0. The third-order valence-electron chi connectivity index (χ3n) is 5.72. The fourth-order valence-electron chi connectivity index (χ4n) is 4.32. The monoisotopic (exact) mass is 415 g/mol. The minimum Gasteiger partial charge on any atom is -0.422 e. The van der Waals surface area contributed by atoms with Gasteiger partial charge >= 0.3 is 0 Å². The Bertz CT molecular complexity index is 314. The molecular weight excluding hydrogens is 362 g/mol. The first-order chi connectivity index (χ1) is 13.4. The molecule has 5 heteroatoms. The van der Waals surface area contributed by atoms with Crippen molar-refractivity contribution in [2.45, 2.75) is 86.8 Å². The zero-order valence-electron chi connectivity index (χ0n) is 20.7. The lowest BCUT2D eigenvalue weighted by Gasteiger charge is -2.44. The summed E-state index contributed by atoms with van der Waals surface area (Å²) in [6.45, 7) is 29.0. The van der Waals surface area contributed by atoms with Crippen LogP contribution in [0.25, 0.3) is 0 Å². The molecule has 0 atom stereocenters. The van der Waals surface area contributed by atoms with Gasteiger partial charge in [0.2, 0.25) is 0 Å². The first-order valence-corrected chi connectivity index (χ1v) is 13.8. The van der Waals surface area contributed by atoms with Crippen LogP contribution in [-0.4, -0.2) is 89.5 Å². The summed E-state index contributed by atoms with van der Waals surface area (Å²) in [5.74, 6) is 0. The van der Waals surface area contributed by atoms with Crippen molar-refractivity contribution in [2.24, 2.45) is 5.41 Å². The van der Waals surface area contributed by atoms with Gasteiger partial charge in [-0.15, -0.1) is 0 Å². The Morgan fingerprint density at radius 3 is 1.29 bits per heavy atom. The standard InChI is InChI=1S/C23H53N3OSi/c1-9-15-24(12-4)18-23(21-28-27-22(7)8,19-25(13-5)16-10-2)20-26(14-6)17-11-3/h22H,9-21,28H2,1-8H3. The number of nitrogens with zero attached hydrogens (tertiary/aromatic N) is 3. The van der Waals surface area contributed by atoms with E-state index >= 15 is 0 Å². The highest BCUT2D eigenvalue weighted by Gasteiger charge is 2.35. The van der Waals surface area contributed by atoms with Crippen LogP contribution in [0, 0.1) is 5.41 Å². The van der Waals surface area contributed by atoms with E-state index in [2.05, 4.69) is 70.1 Å². The fourth-order valence-corrected chi connectivity index (χ4v) is 5.81. The first-order valence-electron chi connectivity index (χ1n) is 12.2. The second-order valence-electron chi connectivity index (χ2n) is 8.78. The quantitative estimate of drug-likeness (QED) is 0.296. The van der Waals surface area contributed by atoms with Gasteiger partial charge in [-0.1, -0.05) is 41.5 Å². The molecule has 170 valence electrons. The van der Waals surface area contributed by atoms with Gasteiger partial charge in [0.15, 0.2) is 9.76 Å². The van der Waals surface area contributed by atoms with Gasteiger partial charge in [-0.25, -0.2) is 0 Å². The van der Waals surface area contributed by atoms with E-state index < -0.39 is 9.76 Å². The highest BCUT2D eigenvalue weighted by molar-refractivity contribution is 6.27. The SMILES string of the molecule is CCCN(CC)CC(C[SiH2]OC(C)C)(CN(CC)CCC)CN(CC)CCC. The van der Waals surface area contributed by atoms with Gasteiger partial charge in [0.05, 0.1) is 0 Å². The maximum Gasteiger partial charge on any atom is 0.162 e. The summed E-state index contributed by atoms with van der Waals surface area (Å²) in [6.07, 6.45) is 4.09. The third-order valence-corrected chi connectivity index (χ3v) is 7.89. The molecule has 0 heterocycles. The minimum absolute atomic E-state index is 0.322. The summed E-state index contributed by atoms with van der Waals surface area (Å²) >= 11 is 0. The maximum absolute atomic E-state index is 6.21. The molecule has 0 bridgehead atoms. The summed E-state index contributed by atoms with van der Waals surface area (Å²) in [6, 6.07) is 1.28. The van der Waals surface area contributed by atoms with E-state index in [0.29, 0.717) is 11.5 Å². The van der Waals surface area contributed by atoms with Gasteiger partial charge < -0.3 is 19.1 Å². The molecule has 0 saturated carbocycles. The lowest BCUT2D eigenvalue weighted by atomic mass is 9.87. The number of hydrogen-bond acceptors (Lipinski definition) is 4. The summed E-state index contributed by atoms with van der Waals surface area (Å²) in [7, 11) is -0.514. The molecule has 4 nitrogen and oxygen atoms in total. The molecule has 0 aliphatic rings. The van der Waals surface area contributed by atoms with Gasteiger partial charge in [-0.3, -0.25) is 0 Å². The lowest BCUT2D eigenvalue weighted by molar-refractivity contribution is 0.0680. The van der Waals surface area contributed by atoms with Crippen molar-refractivity contribution in [2.75, 3.05) is 58.9 Å². The van der Waals surface area contributed by atoms with Gasteiger partial charge in [0, 0.05) is 31.2 Å². The molecule has 28 heavy (non-hydrogen) atoms. The van der Waals surface area contributed by atoms with Crippen LogP contribution in [0.5, 0.6) is 0 Å². The molecule has 0 aromatic carbocycles. The highest BCUT2D eigenvalue weighted by atomic mass is 28.2. The van der Waals surface area contributed by atoms with Crippen LogP contribution >= 0.6 is 0 Å². The zero-order chi connectivity index (χ0) is 21.4. The van der Waals surface area contributed by atoms with E-state index in [1.807, 2.05) is 0 Å². The normalized spacial score (nSPS) is 13.3. The molecule has 0 unspecified atom stereocenters. The van der Waals surface area contributed by atoms with Gasteiger partial charge in [0.25, 0.3) is 0 Å². The number of hydrogen-bond donors (Lipinski definition) is 0. The average molecular weight is 416 g/mol. The maximum atomic E-state index is 6.21. The van der Waals surface area contributed by atoms with E-state index in [9.17, 15) is 0 Å². The Kier molecular flexibility index (Phi) is 16.8. The van der Waals surface area contributed by atoms with Crippen molar-refractivity contribution in [3.05, 3.63) is 0 Å². The van der Waals surface area contributed by atoms with E-state index in [4.69, 9.17) is 4.43 Å². The van der Waals surface area contributed by atoms with E-state index in [1.165, 1.54) is 64.6 Å². The van der Waals surface area contributed by atoms with Crippen LogP contribution in [0.4, 0.5) is 0 Å². The van der Waals surface area contributed by atoms with Gasteiger partial charge in [-0.2, -0.15) is 0 Å². The molecule has 0 aromatic rings.